The lowest BCUT2D eigenvalue weighted by molar-refractivity contribution is 0.0602. The molecular formula is C14H19N3O3. The van der Waals surface area contributed by atoms with Crippen LogP contribution in [0.4, 0.5) is 11.5 Å². The number of nitrogens with one attached hydrogen (secondary N) is 1. The number of carbonyl (C=O) groups is 1. The monoisotopic (exact) mass is 277 g/mol. The highest BCUT2D eigenvalue weighted by molar-refractivity contribution is 5.97. The summed E-state index contributed by atoms with van der Waals surface area (Å²) in [7, 11) is 1.34. The van der Waals surface area contributed by atoms with Crippen molar-refractivity contribution in [3.63, 3.8) is 0 Å². The topological polar surface area (TPSA) is 86.5 Å². The molecule has 3 N–H and O–H groups in total. The minimum atomic E-state index is -0.450. The number of aromatic nitrogens is 1. The Morgan fingerprint density at radius 3 is 3.00 bits per heavy atom. The van der Waals surface area contributed by atoms with Crippen molar-refractivity contribution >= 4 is 17.5 Å². The van der Waals surface area contributed by atoms with Crippen LogP contribution < -0.4 is 11.1 Å². The highest BCUT2D eigenvalue weighted by Crippen LogP contribution is 2.39. The Balaban J connectivity index is 1.78. The summed E-state index contributed by atoms with van der Waals surface area (Å²) in [6.07, 6.45) is 5.19. The number of carbonyl (C=O) groups excluding carboxylic acids is 1. The lowest BCUT2D eigenvalue weighted by atomic mass is 10.1. The molecule has 1 saturated heterocycles. The van der Waals surface area contributed by atoms with Crippen molar-refractivity contribution in [2.24, 2.45) is 5.92 Å². The van der Waals surface area contributed by atoms with Gasteiger partial charge in [-0.25, -0.2) is 9.78 Å². The van der Waals surface area contributed by atoms with Gasteiger partial charge in [-0.1, -0.05) is 0 Å². The smallest absolute Gasteiger partial charge is 0.340 e. The third-order valence-electron chi connectivity index (χ3n) is 3.94. The molecule has 1 aliphatic carbocycles. The van der Waals surface area contributed by atoms with Crippen LogP contribution in [0.25, 0.3) is 0 Å². The van der Waals surface area contributed by atoms with Crippen LogP contribution in [0.15, 0.2) is 12.3 Å². The largest absolute Gasteiger partial charge is 0.465 e. The average molecular weight is 277 g/mol. The number of rotatable bonds is 4. The second-order valence-corrected chi connectivity index (χ2v) is 5.32. The van der Waals surface area contributed by atoms with Crippen molar-refractivity contribution in [3.05, 3.63) is 17.8 Å². The summed E-state index contributed by atoms with van der Waals surface area (Å²) in [4.78, 5) is 15.9. The molecule has 2 fully saturated rings. The van der Waals surface area contributed by atoms with Crippen LogP contribution >= 0.6 is 0 Å². The number of methoxy groups -OCH3 is 1. The predicted octanol–water partition coefficient (Wildman–Crippen LogP) is 1.43. The van der Waals surface area contributed by atoms with Gasteiger partial charge in [0, 0.05) is 12.8 Å². The van der Waals surface area contributed by atoms with Gasteiger partial charge in [0.05, 0.1) is 30.5 Å². The van der Waals surface area contributed by atoms with Crippen molar-refractivity contribution in [2.75, 3.05) is 24.8 Å². The molecule has 1 aromatic heterocycles. The first kappa shape index (κ1) is 13.2. The van der Waals surface area contributed by atoms with E-state index in [-0.39, 0.29) is 12.1 Å². The number of nitrogen functional groups attached to an aromatic ring is 1. The van der Waals surface area contributed by atoms with Gasteiger partial charge in [-0.2, -0.15) is 0 Å². The zero-order valence-corrected chi connectivity index (χ0v) is 11.5. The number of hydrogen-bond acceptors (Lipinski definition) is 6. The first-order valence-electron chi connectivity index (χ1n) is 6.91. The van der Waals surface area contributed by atoms with Gasteiger partial charge in [0.25, 0.3) is 0 Å². The van der Waals surface area contributed by atoms with Crippen molar-refractivity contribution in [3.8, 4) is 0 Å². The van der Waals surface area contributed by atoms with Crippen molar-refractivity contribution < 1.29 is 14.3 Å². The summed E-state index contributed by atoms with van der Waals surface area (Å²) in [5.41, 5.74) is 6.68. The number of hydrogen-bond donors (Lipinski definition) is 2. The van der Waals surface area contributed by atoms with Crippen molar-refractivity contribution in [1.82, 2.24) is 4.98 Å². The van der Waals surface area contributed by atoms with E-state index in [1.807, 2.05) is 0 Å². The third-order valence-corrected chi connectivity index (χ3v) is 3.94. The first-order valence-corrected chi connectivity index (χ1v) is 6.91. The number of anilines is 2. The van der Waals surface area contributed by atoms with Crippen molar-refractivity contribution in [1.29, 1.82) is 0 Å². The number of nitrogens with zero attached hydrogens (tertiary/aromatic N) is 1. The molecule has 0 amide bonds. The molecule has 1 saturated carbocycles. The van der Waals surface area contributed by atoms with Gasteiger partial charge in [0.2, 0.25) is 0 Å². The molecule has 2 aliphatic rings. The van der Waals surface area contributed by atoms with E-state index in [9.17, 15) is 4.79 Å². The lowest BCUT2D eigenvalue weighted by Crippen LogP contribution is -2.31. The second kappa shape index (κ2) is 5.28. The van der Waals surface area contributed by atoms with Crippen LogP contribution in [-0.4, -0.2) is 36.8 Å². The molecule has 2 atom stereocenters. The van der Waals surface area contributed by atoms with Crippen LogP contribution in [0.3, 0.4) is 0 Å². The highest BCUT2D eigenvalue weighted by atomic mass is 16.5. The van der Waals surface area contributed by atoms with Gasteiger partial charge in [-0.05, 0) is 31.2 Å². The van der Waals surface area contributed by atoms with Gasteiger partial charge in [0.15, 0.2) is 0 Å². The van der Waals surface area contributed by atoms with Crippen LogP contribution in [-0.2, 0) is 9.47 Å². The fourth-order valence-electron chi connectivity index (χ4n) is 2.71. The van der Waals surface area contributed by atoms with E-state index in [2.05, 4.69) is 10.3 Å². The van der Waals surface area contributed by atoms with Gasteiger partial charge in [-0.15, -0.1) is 0 Å². The Bertz CT molecular complexity index is 516. The SMILES string of the molecule is COC(=O)c1ccnc(NC2CCOC2C2CC2)c1N. The first-order chi connectivity index (χ1) is 9.70. The minimum absolute atomic E-state index is 0.213. The zero-order valence-electron chi connectivity index (χ0n) is 11.5. The Morgan fingerprint density at radius 2 is 2.30 bits per heavy atom. The van der Waals surface area contributed by atoms with E-state index in [4.69, 9.17) is 15.2 Å². The molecule has 6 nitrogen and oxygen atoms in total. The maximum absolute atomic E-state index is 11.6. The normalized spacial score (nSPS) is 25.4. The molecule has 3 rings (SSSR count). The van der Waals surface area contributed by atoms with Gasteiger partial charge in [0.1, 0.15) is 5.82 Å². The Kier molecular flexibility index (Phi) is 3.48. The zero-order chi connectivity index (χ0) is 14.1. The summed E-state index contributed by atoms with van der Waals surface area (Å²) in [5, 5.41) is 3.33. The molecule has 0 bridgehead atoms. The molecular weight excluding hydrogens is 258 g/mol. The van der Waals surface area contributed by atoms with Crippen molar-refractivity contribution in [2.45, 2.75) is 31.4 Å². The summed E-state index contributed by atoms with van der Waals surface area (Å²) in [5.74, 6) is 0.739. The van der Waals surface area contributed by atoms with Crippen LogP contribution in [0.5, 0.6) is 0 Å². The fourth-order valence-corrected chi connectivity index (χ4v) is 2.71. The van der Waals surface area contributed by atoms with Crippen LogP contribution in [0, 0.1) is 5.92 Å². The average Bonchev–Trinajstić information content (AvgIpc) is 3.20. The van der Waals surface area contributed by atoms with Gasteiger partial charge in [-0.3, -0.25) is 0 Å². The molecule has 108 valence electrons. The molecule has 2 unspecified atom stereocenters. The van der Waals surface area contributed by atoms with Gasteiger partial charge >= 0.3 is 5.97 Å². The molecule has 0 aromatic carbocycles. The van der Waals surface area contributed by atoms with E-state index in [1.165, 1.54) is 20.0 Å². The van der Waals surface area contributed by atoms with E-state index >= 15 is 0 Å². The summed E-state index contributed by atoms with van der Waals surface area (Å²) < 4.78 is 10.5. The molecule has 1 aliphatic heterocycles. The maximum atomic E-state index is 11.6. The van der Waals surface area contributed by atoms with E-state index in [0.29, 0.717) is 23.0 Å². The fraction of sp³-hybridized carbons (Fsp3) is 0.571. The molecule has 6 heteroatoms. The van der Waals surface area contributed by atoms with Gasteiger partial charge < -0.3 is 20.5 Å². The third kappa shape index (κ3) is 2.43. The van der Waals surface area contributed by atoms with E-state index < -0.39 is 5.97 Å². The second-order valence-electron chi connectivity index (χ2n) is 5.32. The molecule has 2 heterocycles. The molecule has 0 spiro atoms. The predicted molar refractivity (Wildman–Crippen MR) is 74.5 cm³/mol. The number of esters is 1. The standard InChI is InChI=1S/C14H19N3O3/c1-19-14(18)9-4-6-16-13(11(9)15)17-10-5-7-20-12(10)8-2-3-8/h4,6,8,10,12H,2-3,5,7,15H2,1H3,(H,16,17). The Morgan fingerprint density at radius 1 is 1.50 bits per heavy atom. The Hall–Kier alpha value is -1.82. The summed E-state index contributed by atoms with van der Waals surface area (Å²) >= 11 is 0. The molecule has 1 aromatic rings. The number of nitrogens with two attached hydrogens (primary N) is 1. The molecule has 20 heavy (non-hydrogen) atoms. The van der Waals surface area contributed by atoms with Crippen LogP contribution in [0.1, 0.15) is 29.6 Å². The number of ether oxygens (including phenoxy) is 2. The summed E-state index contributed by atoms with van der Waals surface area (Å²) in [6, 6.07) is 1.78. The number of pyridine rings is 1. The summed E-state index contributed by atoms with van der Waals surface area (Å²) in [6.45, 7) is 0.759. The van der Waals surface area contributed by atoms with E-state index in [1.54, 1.807) is 12.3 Å². The quantitative estimate of drug-likeness (QED) is 0.810. The molecule has 0 radical (unpaired) electrons. The minimum Gasteiger partial charge on any atom is -0.465 e. The Labute approximate surface area is 117 Å². The maximum Gasteiger partial charge on any atom is 0.340 e. The highest BCUT2D eigenvalue weighted by Gasteiger charge is 2.40. The van der Waals surface area contributed by atoms with Crippen LogP contribution in [0.2, 0.25) is 0 Å². The lowest BCUT2D eigenvalue weighted by Gasteiger charge is -2.21. The van der Waals surface area contributed by atoms with E-state index in [0.717, 1.165) is 13.0 Å².